The molecule has 1 amide bonds. The smallest absolute Gasteiger partial charge is 0.289 e. The molecule has 0 radical (unpaired) electrons. The van der Waals surface area contributed by atoms with Gasteiger partial charge in [0.2, 0.25) is 12.7 Å². The zero-order valence-electron chi connectivity index (χ0n) is 14.3. The average molecular weight is 370 g/mol. The van der Waals surface area contributed by atoms with Crippen molar-refractivity contribution in [1.29, 1.82) is 0 Å². The molecule has 0 saturated heterocycles. The summed E-state index contributed by atoms with van der Waals surface area (Å²) in [5.74, 6) is 0.275. The summed E-state index contributed by atoms with van der Waals surface area (Å²) in [6.07, 6.45) is 2.53. The van der Waals surface area contributed by atoms with Crippen LogP contribution in [-0.2, 0) is 6.54 Å². The number of nitrogens with zero attached hydrogens (tertiary/aromatic N) is 4. The molecule has 0 fully saturated rings. The van der Waals surface area contributed by atoms with E-state index in [0.29, 0.717) is 23.7 Å². The molecule has 0 aliphatic carbocycles. The minimum Gasteiger partial charge on any atom is -0.454 e. The summed E-state index contributed by atoms with van der Waals surface area (Å²) in [7, 11) is 0. The highest BCUT2D eigenvalue weighted by Gasteiger charge is 2.16. The summed E-state index contributed by atoms with van der Waals surface area (Å²) in [5, 5.41) is 14.4. The number of benzene rings is 1. The number of fused-ring (bicyclic) bond motifs is 1. The summed E-state index contributed by atoms with van der Waals surface area (Å²) in [4.78, 5) is 12.2. The van der Waals surface area contributed by atoms with Gasteiger partial charge in [0, 0.05) is 12.1 Å². The molecule has 138 valence electrons. The lowest BCUT2D eigenvalue weighted by Gasteiger charge is -1.99. The number of rotatable bonds is 5. The van der Waals surface area contributed by atoms with Crippen molar-refractivity contribution in [3.63, 3.8) is 0 Å². The fraction of sp³-hybridized carbons (Fsp3) is 0.176. The molecule has 0 bridgehead atoms. The van der Waals surface area contributed by atoms with Crippen LogP contribution in [0.3, 0.4) is 0 Å². The summed E-state index contributed by atoms with van der Waals surface area (Å²) in [6.45, 7) is 2.36. The molecule has 9 nitrogen and oxygen atoms in total. The second-order valence-corrected chi connectivity index (χ2v) is 5.64. The Labute approximate surface area is 152 Å². The fourth-order valence-corrected chi connectivity index (χ4v) is 2.55. The van der Waals surface area contributed by atoms with Crippen LogP contribution in [0.25, 0.3) is 11.3 Å². The summed E-state index contributed by atoms with van der Waals surface area (Å²) in [6, 6.07) is 6.96. The SMILES string of the molecule is CCn1ncc(C=NNC(=O)c2cc(-c3ccc4c(c3)OCO4)n[nH]2)c1F. The van der Waals surface area contributed by atoms with E-state index in [1.54, 1.807) is 25.1 Å². The van der Waals surface area contributed by atoms with Crippen molar-refractivity contribution >= 4 is 12.1 Å². The first-order chi connectivity index (χ1) is 13.2. The Morgan fingerprint density at radius 1 is 1.41 bits per heavy atom. The van der Waals surface area contributed by atoms with Crippen LogP contribution >= 0.6 is 0 Å². The van der Waals surface area contributed by atoms with E-state index in [-0.39, 0.29) is 18.1 Å². The topological polar surface area (TPSA) is 106 Å². The molecule has 1 aliphatic rings. The number of aromatic nitrogens is 4. The number of amides is 1. The molecule has 0 unspecified atom stereocenters. The van der Waals surface area contributed by atoms with E-state index in [1.165, 1.54) is 17.1 Å². The van der Waals surface area contributed by atoms with Gasteiger partial charge in [0.1, 0.15) is 5.69 Å². The van der Waals surface area contributed by atoms with Crippen molar-refractivity contribution in [3.8, 4) is 22.8 Å². The van der Waals surface area contributed by atoms with Gasteiger partial charge in [-0.1, -0.05) is 0 Å². The predicted molar refractivity (Wildman–Crippen MR) is 93.1 cm³/mol. The Balaban J connectivity index is 1.44. The fourth-order valence-electron chi connectivity index (χ4n) is 2.55. The monoisotopic (exact) mass is 370 g/mol. The van der Waals surface area contributed by atoms with Gasteiger partial charge in [-0.3, -0.25) is 9.89 Å². The predicted octanol–water partition coefficient (Wildman–Crippen LogP) is 1.92. The number of ether oxygens (including phenoxy) is 2. The number of halogens is 1. The molecule has 1 aliphatic heterocycles. The van der Waals surface area contributed by atoms with Crippen molar-refractivity contribution < 1.29 is 18.7 Å². The van der Waals surface area contributed by atoms with Crippen LogP contribution < -0.4 is 14.9 Å². The second kappa shape index (κ2) is 6.90. The van der Waals surface area contributed by atoms with Crippen LogP contribution in [0.2, 0.25) is 0 Å². The largest absolute Gasteiger partial charge is 0.454 e. The van der Waals surface area contributed by atoms with E-state index in [1.807, 2.05) is 6.07 Å². The highest BCUT2D eigenvalue weighted by atomic mass is 19.1. The van der Waals surface area contributed by atoms with Crippen LogP contribution in [0.15, 0.2) is 35.6 Å². The number of aromatic amines is 1. The second-order valence-electron chi connectivity index (χ2n) is 5.64. The number of carbonyl (C=O) groups excluding carboxylic acids is 1. The molecule has 0 saturated carbocycles. The third kappa shape index (κ3) is 3.24. The maximum atomic E-state index is 13.8. The highest BCUT2D eigenvalue weighted by molar-refractivity contribution is 5.94. The first-order valence-corrected chi connectivity index (χ1v) is 8.16. The minimum atomic E-state index is -0.512. The molecule has 0 spiro atoms. The van der Waals surface area contributed by atoms with Crippen molar-refractivity contribution in [2.75, 3.05) is 6.79 Å². The first-order valence-electron chi connectivity index (χ1n) is 8.16. The van der Waals surface area contributed by atoms with Crippen molar-refractivity contribution in [3.05, 3.63) is 47.7 Å². The zero-order chi connectivity index (χ0) is 18.8. The lowest BCUT2D eigenvalue weighted by atomic mass is 10.1. The normalized spacial score (nSPS) is 12.7. The number of hydrogen-bond donors (Lipinski definition) is 2. The molecule has 27 heavy (non-hydrogen) atoms. The Kier molecular flexibility index (Phi) is 4.29. The van der Waals surface area contributed by atoms with Crippen LogP contribution in [0.5, 0.6) is 11.5 Å². The van der Waals surface area contributed by atoms with Crippen LogP contribution in [-0.4, -0.2) is 38.9 Å². The Bertz CT molecular complexity index is 1030. The third-order valence-electron chi connectivity index (χ3n) is 3.96. The number of hydrazone groups is 1. The molecule has 1 aromatic carbocycles. The summed E-state index contributed by atoms with van der Waals surface area (Å²) >= 11 is 0. The molecular weight excluding hydrogens is 355 g/mol. The van der Waals surface area contributed by atoms with E-state index < -0.39 is 11.9 Å². The van der Waals surface area contributed by atoms with Gasteiger partial charge in [0.25, 0.3) is 5.91 Å². The number of aryl methyl sites for hydroxylation is 1. The Hall–Kier alpha value is -3.69. The van der Waals surface area contributed by atoms with Crippen LogP contribution in [0, 0.1) is 5.95 Å². The van der Waals surface area contributed by atoms with Gasteiger partial charge in [0.05, 0.1) is 23.7 Å². The molecule has 2 N–H and O–H groups in total. The highest BCUT2D eigenvalue weighted by Crippen LogP contribution is 2.35. The van der Waals surface area contributed by atoms with E-state index in [9.17, 15) is 9.18 Å². The third-order valence-corrected chi connectivity index (χ3v) is 3.96. The first kappa shape index (κ1) is 16.8. The average Bonchev–Trinajstić information content (AvgIpc) is 3.41. The lowest BCUT2D eigenvalue weighted by molar-refractivity contribution is 0.0950. The van der Waals surface area contributed by atoms with Crippen LogP contribution in [0.1, 0.15) is 23.0 Å². The van der Waals surface area contributed by atoms with E-state index in [0.717, 1.165) is 5.56 Å². The zero-order valence-corrected chi connectivity index (χ0v) is 14.3. The van der Waals surface area contributed by atoms with Crippen molar-refractivity contribution in [1.82, 2.24) is 25.4 Å². The van der Waals surface area contributed by atoms with Gasteiger partial charge in [-0.15, -0.1) is 0 Å². The molecule has 3 heterocycles. The summed E-state index contributed by atoms with van der Waals surface area (Å²) in [5.41, 5.74) is 4.05. The molecule has 4 rings (SSSR count). The molecule has 10 heteroatoms. The number of carbonyl (C=O) groups is 1. The number of nitrogens with one attached hydrogen (secondary N) is 2. The van der Waals surface area contributed by atoms with Gasteiger partial charge in [-0.2, -0.15) is 19.7 Å². The maximum Gasteiger partial charge on any atom is 0.289 e. The Morgan fingerprint density at radius 2 is 2.26 bits per heavy atom. The Morgan fingerprint density at radius 3 is 3.07 bits per heavy atom. The minimum absolute atomic E-state index is 0.183. The van der Waals surface area contributed by atoms with Gasteiger partial charge in [0.15, 0.2) is 11.5 Å². The van der Waals surface area contributed by atoms with Gasteiger partial charge < -0.3 is 9.47 Å². The van der Waals surface area contributed by atoms with E-state index in [4.69, 9.17) is 9.47 Å². The van der Waals surface area contributed by atoms with E-state index >= 15 is 0 Å². The number of hydrogen-bond acceptors (Lipinski definition) is 6. The maximum absolute atomic E-state index is 13.8. The van der Waals surface area contributed by atoms with Gasteiger partial charge >= 0.3 is 0 Å². The van der Waals surface area contributed by atoms with Crippen molar-refractivity contribution in [2.24, 2.45) is 5.10 Å². The summed E-state index contributed by atoms with van der Waals surface area (Å²) < 4.78 is 25.6. The molecule has 2 aromatic heterocycles. The van der Waals surface area contributed by atoms with Gasteiger partial charge in [-0.05, 0) is 31.2 Å². The molecule has 0 atom stereocenters. The molecular formula is C17H15FN6O3. The molecule has 3 aromatic rings. The number of H-pyrrole nitrogens is 1. The standard InChI is InChI=1S/C17H15FN6O3/c1-2-24-16(18)11(8-20-24)7-19-23-17(25)13-6-12(21-22-13)10-3-4-14-15(5-10)27-9-26-14/h3-8H,2,9H2,1H3,(H,21,22)(H,23,25). The van der Waals surface area contributed by atoms with Crippen LogP contribution in [0.4, 0.5) is 4.39 Å². The van der Waals surface area contributed by atoms with Gasteiger partial charge in [-0.25, -0.2) is 10.1 Å². The quantitative estimate of drug-likeness (QED) is 0.527. The van der Waals surface area contributed by atoms with Crippen molar-refractivity contribution in [2.45, 2.75) is 13.5 Å². The lowest BCUT2D eigenvalue weighted by Crippen LogP contribution is -2.18. The van der Waals surface area contributed by atoms with E-state index in [2.05, 4.69) is 25.8 Å².